The number of halogens is 1. The van der Waals surface area contributed by atoms with Crippen LogP contribution in [0.3, 0.4) is 0 Å². The van der Waals surface area contributed by atoms with Gasteiger partial charge in [0, 0.05) is 24.7 Å². The Balaban J connectivity index is 2.01. The summed E-state index contributed by atoms with van der Waals surface area (Å²) >= 11 is 6.32. The monoisotopic (exact) mass is 376 g/mol. The second-order valence-electron chi connectivity index (χ2n) is 6.93. The lowest BCUT2D eigenvalue weighted by Gasteiger charge is -2.31. The van der Waals surface area contributed by atoms with E-state index in [2.05, 4.69) is 24.2 Å². The number of nitrogens with zero attached hydrogens (tertiary/aromatic N) is 4. The van der Waals surface area contributed by atoms with E-state index >= 15 is 0 Å². The number of imide groups is 1. The molecule has 1 aromatic carbocycles. The average Bonchev–Trinajstić information content (AvgIpc) is 2.97. The molecule has 0 spiro atoms. The lowest BCUT2D eigenvalue weighted by molar-refractivity contribution is -0.553. The van der Waals surface area contributed by atoms with Gasteiger partial charge < -0.3 is 0 Å². The number of hydrogen-bond donors (Lipinski definition) is 1. The van der Waals surface area contributed by atoms with Crippen LogP contribution in [0.5, 0.6) is 0 Å². The molecule has 3 rings (SSSR count). The molecule has 0 aliphatic carbocycles. The Morgan fingerprint density at radius 1 is 1.23 bits per heavy atom. The molecule has 1 saturated heterocycles. The van der Waals surface area contributed by atoms with E-state index < -0.39 is 6.04 Å². The highest BCUT2D eigenvalue weighted by molar-refractivity contribution is 6.31. The topological polar surface area (TPSA) is 68.0 Å². The van der Waals surface area contributed by atoms with Gasteiger partial charge >= 0.3 is 12.0 Å². The van der Waals surface area contributed by atoms with Crippen LogP contribution in [0.4, 0.5) is 4.79 Å². The normalized spacial score (nSPS) is 20.1. The molecule has 1 fully saturated rings. The number of amides is 3. The fraction of sp³-hybridized carbons (Fsp3) is 0.444. The van der Waals surface area contributed by atoms with E-state index in [1.54, 1.807) is 7.05 Å². The van der Waals surface area contributed by atoms with Crippen molar-refractivity contribution >= 4 is 35.3 Å². The summed E-state index contributed by atoms with van der Waals surface area (Å²) in [7, 11) is 3.13. The van der Waals surface area contributed by atoms with E-state index in [-0.39, 0.29) is 11.9 Å². The Labute approximate surface area is 157 Å². The minimum absolute atomic E-state index is 0.291. The van der Waals surface area contributed by atoms with Crippen molar-refractivity contribution in [3.05, 3.63) is 34.9 Å². The number of likely N-dealkylation sites (N-methyl/N-ethyl adjacent to an activating group) is 2. The van der Waals surface area contributed by atoms with E-state index in [1.165, 1.54) is 11.9 Å². The number of rotatable bonds is 4. The van der Waals surface area contributed by atoms with Crippen molar-refractivity contribution in [3.8, 4) is 0 Å². The highest BCUT2D eigenvalue weighted by Gasteiger charge is 2.51. The van der Waals surface area contributed by atoms with Crippen LogP contribution >= 0.6 is 11.6 Å². The van der Waals surface area contributed by atoms with E-state index in [0.717, 1.165) is 10.5 Å². The zero-order valence-corrected chi connectivity index (χ0v) is 16.1. The number of hydrogen-bond acceptors (Lipinski definition) is 4. The van der Waals surface area contributed by atoms with Crippen LogP contribution < -0.4 is 5.32 Å². The summed E-state index contributed by atoms with van der Waals surface area (Å²) in [6.07, 6.45) is 0. The molecule has 1 aromatic rings. The summed E-state index contributed by atoms with van der Waals surface area (Å²) < 4.78 is 1.88. The first-order valence-corrected chi connectivity index (χ1v) is 8.93. The van der Waals surface area contributed by atoms with Crippen molar-refractivity contribution in [1.29, 1.82) is 0 Å². The Bertz CT molecular complexity index is 818. The molecule has 1 N–H and O–H groups in total. The van der Waals surface area contributed by atoms with Crippen LogP contribution in [-0.4, -0.2) is 64.8 Å². The number of carbonyl (C=O) groups is 2. The van der Waals surface area contributed by atoms with Gasteiger partial charge in [0.25, 0.3) is 5.91 Å². The van der Waals surface area contributed by atoms with Crippen molar-refractivity contribution in [1.82, 2.24) is 15.1 Å². The number of fused-ring (bicyclic) bond motifs is 1. The molecule has 8 heteroatoms. The maximum Gasteiger partial charge on any atom is 0.390 e. The SMILES string of the molecule is CC(C)CNC1=[N+](Cc2ccccc2Cl)C2C(=O)N(C)C(=O)N(C)C2=N1. The number of carbonyl (C=O) groups excluding carboxylic acids is 2. The molecule has 1 unspecified atom stereocenters. The quantitative estimate of drug-likeness (QED) is 0.814. The average molecular weight is 377 g/mol. The first-order chi connectivity index (χ1) is 12.3. The fourth-order valence-electron chi connectivity index (χ4n) is 3.01. The summed E-state index contributed by atoms with van der Waals surface area (Å²) in [5.41, 5.74) is 0.893. The molecule has 0 saturated carbocycles. The lowest BCUT2D eigenvalue weighted by Crippen LogP contribution is -2.61. The Kier molecular flexibility index (Phi) is 5.00. The van der Waals surface area contributed by atoms with Gasteiger partial charge in [-0.05, 0) is 12.0 Å². The molecule has 0 bridgehead atoms. The zero-order chi connectivity index (χ0) is 19.0. The number of guanidine groups is 1. The Morgan fingerprint density at radius 3 is 2.58 bits per heavy atom. The maximum atomic E-state index is 12.8. The third-order valence-electron chi connectivity index (χ3n) is 4.50. The summed E-state index contributed by atoms with van der Waals surface area (Å²) in [4.78, 5) is 32.2. The van der Waals surface area contributed by atoms with Crippen molar-refractivity contribution in [2.24, 2.45) is 10.9 Å². The standard InChI is InChI=1S/C18H22ClN5O2/c1-11(2)9-20-17-21-15-14(16(25)23(4)18(26)22(15)3)24(17)10-12-7-5-6-8-13(12)19/h5-8,11,14H,9-10H2,1-4H3/p+1. The van der Waals surface area contributed by atoms with Crippen molar-refractivity contribution in [2.45, 2.75) is 26.4 Å². The van der Waals surface area contributed by atoms with Crippen molar-refractivity contribution in [3.63, 3.8) is 0 Å². The number of nitrogens with one attached hydrogen (secondary N) is 1. The minimum Gasteiger partial charge on any atom is -0.274 e. The summed E-state index contributed by atoms with van der Waals surface area (Å²) in [6, 6.07) is 6.49. The molecule has 0 radical (unpaired) electrons. The van der Waals surface area contributed by atoms with E-state index in [9.17, 15) is 9.59 Å². The van der Waals surface area contributed by atoms with Crippen LogP contribution in [0.15, 0.2) is 29.3 Å². The van der Waals surface area contributed by atoms with E-state index in [4.69, 9.17) is 11.6 Å². The second kappa shape index (κ2) is 7.07. The third kappa shape index (κ3) is 3.19. The largest absolute Gasteiger partial charge is 0.390 e. The minimum atomic E-state index is -0.645. The molecule has 2 heterocycles. The predicted molar refractivity (Wildman–Crippen MR) is 100 cm³/mol. The van der Waals surface area contributed by atoms with Gasteiger partial charge in [-0.2, -0.15) is 0 Å². The molecule has 26 heavy (non-hydrogen) atoms. The van der Waals surface area contributed by atoms with Crippen molar-refractivity contribution in [2.75, 3.05) is 20.6 Å². The highest BCUT2D eigenvalue weighted by atomic mass is 35.5. The summed E-state index contributed by atoms with van der Waals surface area (Å²) in [5, 5.41) is 3.93. The smallest absolute Gasteiger partial charge is 0.274 e. The zero-order valence-electron chi connectivity index (χ0n) is 15.4. The highest BCUT2D eigenvalue weighted by Crippen LogP contribution is 2.22. The molecule has 1 atom stereocenters. The number of benzene rings is 1. The molecule has 2 aliphatic heterocycles. The van der Waals surface area contributed by atoms with Crippen LogP contribution in [0, 0.1) is 5.92 Å². The second-order valence-corrected chi connectivity index (χ2v) is 7.34. The Hall–Kier alpha value is -2.41. The van der Waals surface area contributed by atoms with Crippen LogP contribution in [-0.2, 0) is 11.3 Å². The molecule has 7 nitrogen and oxygen atoms in total. The van der Waals surface area contributed by atoms with E-state index in [0.29, 0.717) is 35.8 Å². The first-order valence-electron chi connectivity index (χ1n) is 8.56. The predicted octanol–water partition coefficient (Wildman–Crippen LogP) is 1.76. The summed E-state index contributed by atoms with van der Waals surface area (Å²) in [5.74, 6) is 1.14. The summed E-state index contributed by atoms with van der Waals surface area (Å²) in [6.45, 7) is 5.31. The number of amidine groups is 1. The van der Waals surface area contributed by atoms with E-state index in [1.807, 2.05) is 28.8 Å². The maximum absolute atomic E-state index is 12.8. The van der Waals surface area contributed by atoms with Gasteiger partial charge in [0.15, 0.2) is 0 Å². The van der Waals surface area contributed by atoms with Crippen LogP contribution in [0.2, 0.25) is 5.02 Å². The molecular formula is C18H23ClN5O2+. The molecule has 138 valence electrons. The van der Waals surface area contributed by atoms with Crippen LogP contribution in [0.1, 0.15) is 19.4 Å². The van der Waals surface area contributed by atoms with Crippen molar-refractivity contribution < 1.29 is 14.2 Å². The van der Waals surface area contributed by atoms with Gasteiger partial charge in [0.05, 0.1) is 13.1 Å². The molecule has 2 aliphatic rings. The first kappa shape index (κ1) is 18.4. The van der Waals surface area contributed by atoms with Gasteiger partial charge in [-0.25, -0.2) is 9.37 Å². The van der Waals surface area contributed by atoms with Crippen LogP contribution in [0.25, 0.3) is 0 Å². The lowest BCUT2D eigenvalue weighted by atomic mass is 10.1. The van der Waals surface area contributed by atoms with Gasteiger partial charge in [0.1, 0.15) is 0 Å². The number of urea groups is 1. The Morgan fingerprint density at radius 2 is 1.92 bits per heavy atom. The number of aliphatic imine (C=N–C) groups is 1. The van der Waals surface area contributed by atoms with Gasteiger partial charge in [-0.3, -0.25) is 19.9 Å². The van der Waals surface area contributed by atoms with Gasteiger partial charge in [0.2, 0.25) is 11.9 Å². The molecule has 0 aromatic heterocycles. The van der Waals surface area contributed by atoms with Gasteiger partial charge in [-0.15, -0.1) is 0 Å². The third-order valence-corrected chi connectivity index (χ3v) is 4.87. The molecule has 3 amide bonds. The fourth-order valence-corrected chi connectivity index (χ4v) is 3.21. The molecular weight excluding hydrogens is 354 g/mol. The van der Waals surface area contributed by atoms with Gasteiger partial charge in [-0.1, -0.05) is 48.6 Å².